The van der Waals surface area contributed by atoms with Gasteiger partial charge >= 0.3 is 0 Å². The van der Waals surface area contributed by atoms with Crippen molar-refractivity contribution < 1.29 is 9.59 Å². The molecule has 6 nitrogen and oxygen atoms in total. The minimum atomic E-state index is -0.435. The first-order chi connectivity index (χ1) is 15.9. The molecule has 0 radical (unpaired) electrons. The maximum atomic E-state index is 13.4. The number of hydrogen-bond donors (Lipinski definition) is 1. The minimum absolute atomic E-state index is 0.0454. The molecule has 0 saturated carbocycles. The lowest BCUT2D eigenvalue weighted by atomic mass is 10.1. The molecule has 4 aromatic rings. The highest BCUT2D eigenvalue weighted by atomic mass is 32.2. The lowest BCUT2D eigenvalue weighted by molar-refractivity contribution is -0.128. The molecule has 0 aliphatic carbocycles. The van der Waals surface area contributed by atoms with Crippen LogP contribution in [0.5, 0.6) is 0 Å². The fourth-order valence-corrected chi connectivity index (χ4v) is 4.43. The summed E-state index contributed by atoms with van der Waals surface area (Å²) in [4.78, 5) is 42.7. The molecule has 0 atom stereocenters. The molecular formula is C26H23N3O3S. The molecule has 166 valence electrons. The van der Waals surface area contributed by atoms with Crippen LogP contribution in [0.3, 0.4) is 0 Å². The molecular weight excluding hydrogens is 434 g/mol. The highest BCUT2D eigenvalue weighted by Gasteiger charge is 2.17. The predicted octanol–water partition coefficient (Wildman–Crippen LogP) is 3.98. The number of thioether (sulfide) groups is 1. The topological polar surface area (TPSA) is 81.1 Å². The van der Waals surface area contributed by atoms with Gasteiger partial charge in [0, 0.05) is 0 Å². The van der Waals surface area contributed by atoms with Crippen LogP contribution in [0.1, 0.15) is 16.7 Å². The van der Waals surface area contributed by atoms with Crippen molar-refractivity contribution in [3.05, 3.63) is 99.8 Å². The van der Waals surface area contributed by atoms with E-state index in [1.807, 2.05) is 68.4 Å². The predicted molar refractivity (Wildman–Crippen MR) is 131 cm³/mol. The summed E-state index contributed by atoms with van der Waals surface area (Å²) in [6.07, 6.45) is 0.124. The molecule has 1 N–H and O–H groups in total. The van der Waals surface area contributed by atoms with E-state index in [-0.39, 0.29) is 23.6 Å². The highest BCUT2D eigenvalue weighted by molar-refractivity contribution is 7.99. The van der Waals surface area contributed by atoms with Gasteiger partial charge in [-0.3, -0.25) is 24.3 Å². The molecule has 2 amide bonds. The van der Waals surface area contributed by atoms with Crippen LogP contribution >= 0.6 is 11.8 Å². The van der Waals surface area contributed by atoms with Crippen LogP contribution in [0, 0.1) is 13.8 Å². The van der Waals surface area contributed by atoms with Crippen molar-refractivity contribution in [2.45, 2.75) is 25.4 Å². The molecule has 3 aromatic carbocycles. The Hall–Kier alpha value is -3.71. The molecule has 0 fully saturated rings. The molecule has 0 spiro atoms. The van der Waals surface area contributed by atoms with Gasteiger partial charge in [-0.25, -0.2) is 4.98 Å². The van der Waals surface area contributed by atoms with Gasteiger partial charge in [-0.2, -0.15) is 0 Å². The van der Waals surface area contributed by atoms with Crippen molar-refractivity contribution in [2.24, 2.45) is 0 Å². The number of fused-ring (bicyclic) bond motifs is 1. The second kappa shape index (κ2) is 9.83. The van der Waals surface area contributed by atoms with E-state index in [9.17, 15) is 14.4 Å². The Bertz CT molecular complexity index is 1400. The standard InChI is InChI=1S/C26H23N3O3S/c1-17-12-13-22(18(2)14-17)29-25(32)20-10-6-7-11-21(20)27-26(29)33-16-24(31)28-23(30)15-19-8-4-3-5-9-19/h3-14H,15-16H2,1-2H3,(H,28,30,31). The number of para-hydroxylation sites is 1. The highest BCUT2D eigenvalue weighted by Crippen LogP contribution is 2.23. The number of nitrogens with zero attached hydrogens (tertiary/aromatic N) is 2. The number of rotatable bonds is 6. The fraction of sp³-hybridized carbons (Fsp3) is 0.154. The fourth-order valence-electron chi connectivity index (χ4n) is 3.63. The number of amides is 2. The van der Waals surface area contributed by atoms with E-state index in [1.54, 1.807) is 22.8 Å². The Balaban J connectivity index is 1.59. The van der Waals surface area contributed by atoms with Crippen molar-refractivity contribution >= 4 is 34.5 Å². The summed E-state index contributed by atoms with van der Waals surface area (Å²) in [5, 5.41) is 3.32. The van der Waals surface area contributed by atoms with E-state index >= 15 is 0 Å². The Labute approximate surface area is 195 Å². The van der Waals surface area contributed by atoms with E-state index in [0.717, 1.165) is 28.5 Å². The van der Waals surface area contributed by atoms with Crippen LogP contribution in [-0.2, 0) is 16.0 Å². The van der Waals surface area contributed by atoms with Gasteiger partial charge in [0.25, 0.3) is 5.56 Å². The van der Waals surface area contributed by atoms with E-state index in [0.29, 0.717) is 21.7 Å². The van der Waals surface area contributed by atoms with Crippen molar-refractivity contribution in [2.75, 3.05) is 5.75 Å². The number of imide groups is 1. The van der Waals surface area contributed by atoms with Gasteiger partial charge < -0.3 is 0 Å². The first-order valence-corrected chi connectivity index (χ1v) is 11.5. The SMILES string of the molecule is Cc1ccc(-n2c(SCC(=O)NC(=O)Cc3ccccc3)nc3ccccc3c2=O)c(C)c1. The van der Waals surface area contributed by atoms with Crippen LogP contribution < -0.4 is 10.9 Å². The van der Waals surface area contributed by atoms with E-state index in [4.69, 9.17) is 0 Å². The van der Waals surface area contributed by atoms with Crippen molar-refractivity contribution in [3.63, 3.8) is 0 Å². The molecule has 1 heterocycles. The van der Waals surface area contributed by atoms with E-state index < -0.39 is 5.91 Å². The first-order valence-electron chi connectivity index (χ1n) is 10.5. The molecule has 0 unspecified atom stereocenters. The van der Waals surface area contributed by atoms with Crippen LogP contribution in [0.4, 0.5) is 0 Å². The Morgan fingerprint density at radius 3 is 2.42 bits per heavy atom. The number of benzene rings is 3. The van der Waals surface area contributed by atoms with Crippen LogP contribution in [0.25, 0.3) is 16.6 Å². The van der Waals surface area contributed by atoms with Gasteiger partial charge in [0.05, 0.1) is 28.8 Å². The summed E-state index contributed by atoms with van der Waals surface area (Å²) in [5.74, 6) is -0.850. The third-order valence-corrected chi connectivity index (χ3v) is 6.10. The summed E-state index contributed by atoms with van der Waals surface area (Å²) in [6.45, 7) is 3.93. The Morgan fingerprint density at radius 1 is 0.939 bits per heavy atom. The Morgan fingerprint density at radius 2 is 1.67 bits per heavy atom. The van der Waals surface area contributed by atoms with E-state index in [1.165, 1.54) is 0 Å². The zero-order valence-electron chi connectivity index (χ0n) is 18.4. The normalized spacial score (nSPS) is 10.8. The third kappa shape index (κ3) is 5.21. The van der Waals surface area contributed by atoms with Crippen molar-refractivity contribution in [3.8, 4) is 5.69 Å². The number of nitrogens with one attached hydrogen (secondary N) is 1. The summed E-state index contributed by atoms with van der Waals surface area (Å²) in [5.41, 5.74) is 3.92. The monoisotopic (exact) mass is 457 g/mol. The lowest BCUT2D eigenvalue weighted by Gasteiger charge is -2.15. The zero-order valence-corrected chi connectivity index (χ0v) is 19.2. The molecule has 4 rings (SSSR count). The molecule has 33 heavy (non-hydrogen) atoms. The average Bonchev–Trinajstić information content (AvgIpc) is 2.79. The number of aryl methyl sites for hydroxylation is 2. The summed E-state index contributed by atoms with van der Waals surface area (Å²) in [6, 6.07) is 22.2. The number of aromatic nitrogens is 2. The van der Waals surface area contributed by atoms with Crippen LogP contribution in [-0.4, -0.2) is 27.1 Å². The quantitative estimate of drug-likeness (QED) is 0.350. The average molecular weight is 458 g/mol. The van der Waals surface area contributed by atoms with Crippen molar-refractivity contribution in [1.82, 2.24) is 14.9 Å². The van der Waals surface area contributed by atoms with Gasteiger partial charge in [-0.1, -0.05) is 71.9 Å². The zero-order chi connectivity index (χ0) is 23.4. The maximum Gasteiger partial charge on any atom is 0.266 e. The van der Waals surface area contributed by atoms with E-state index in [2.05, 4.69) is 10.3 Å². The van der Waals surface area contributed by atoms with Gasteiger partial charge in [0.1, 0.15) is 0 Å². The van der Waals surface area contributed by atoms with Crippen molar-refractivity contribution in [1.29, 1.82) is 0 Å². The molecule has 0 bridgehead atoms. The molecule has 7 heteroatoms. The largest absolute Gasteiger partial charge is 0.295 e. The summed E-state index contributed by atoms with van der Waals surface area (Å²) >= 11 is 1.13. The molecule has 0 saturated heterocycles. The number of hydrogen-bond acceptors (Lipinski definition) is 5. The third-order valence-electron chi connectivity index (χ3n) is 5.16. The number of carbonyl (C=O) groups excluding carboxylic acids is 2. The lowest BCUT2D eigenvalue weighted by Crippen LogP contribution is -2.33. The Kier molecular flexibility index (Phi) is 6.70. The van der Waals surface area contributed by atoms with Gasteiger partial charge in [0.15, 0.2) is 5.16 Å². The van der Waals surface area contributed by atoms with Gasteiger partial charge in [0.2, 0.25) is 11.8 Å². The second-order valence-corrected chi connectivity index (χ2v) is 8.71. The van der Waals surface area contributed by atoms with Crippen LogP contribution in [0.15, 0.2) is 82.7 Å². The summed E-state index contributed by atoms with van der Waals surface area (Å²) in [7, 11) is 0. The molecule has 0 aliphatic heterocycles. The first kappa shape index (κ1) is 22.5. The smallest absolute Gasteiger partial charge is 0.266 e. The molecule has 0 aliphatic rings. The summed E-state index contributed by atoms with van der Waals surface area (Å²) < 4.78 is 1.54. The second-order valence-electron chi connectivity index (χ2n) is 7.76. The van der Waals surface area contributed by atoms with Gasteiger partial charge in [-0.05, 0) is 43.2 Å². The number of carbonyl (C=O) groups is 2. The van der Waals surface area contributed by atoms with Gasteiger partial charge in [-0.15, -0.1) is 0 Å². The molecule has 1 aromatic heterocycles. The van der Waals surface area contributed by atoms with Crippen LogP contribution in [0.2, 0.25) is 0 Å². The minimum Gasteiger partial charge on any atom is -0.295 e. The maximum absolute atomic E-state index is 13.4.